The number of unbranched alkanes of at least 4 members (excludes halogenated alkanes) is 1. The van der Waals surface area contributed by atoms with Crippen LogP contribution >= 0.6 is 12.2 Å². The lowest BCUT2D eigenvalue weighted by atomic mass is 10.1. The second-order valence-corrected chi connectivity index (χ2v) is 8.43. The molecule has 4 rings (SSSR count). The molecule has 0 saturated heterocycles. The van der Waals surface area contributed by atoms with Crippen molar-refractivity contribution >= 4 is 28.9 Å². The number of nitrogens with one attached hydrogen (secondary N) is 1. The third kappa shape index (κ3) is 5.72. The fraction of sp³-hybridized carbons (Fsp3) is 0.259. The Labute approximate surface area is 204 Å². The number of benzene rings is 3. The van der Waals surface area contributed by atoms with E-state index < -0.39 is 6.29 Å². The summed E-state index contributed by atoms with van der Waals surface area (Å²) in [6.07, 6.45) is 2.86. The molecule has 1 unspecified atom stereocenters. The Hall–Kier alpha value is -3.45. The zero-order valence-corrected chi connectivity index (χ0v) is 19.8. The molecule has 1 atom stereocenters. The normalized spacial score (nSPS) is 13.2. The van der Waals surface area contributed by atoms with Crippen LogP contribution in [0.2, 0.25) is 0 Å². The zero-order valence-electron chi connectivity index (χ0n) is 19.0. The summed E-state index contributed by atoms with van der Waals surface area (Å²) >= 11 is 5.55. The molecule has 0 aromatic heterocycles. The van der Waals surface area contributed by atoms with Gasteiger partial charge in [-0.25, -0.2) is 4.39 Å². The number of thiocarbonyl (C=S) groups is 1. The predicted molar refractivity (Wildman–Crippen MR) is 135 cm³/mol. The van der Waals surface area contributed by atoms with E-state index in [-0.39, 0.29) is 11.7 Å². The van der Waals surface area contributed by atoms with Gasteiger partial charge in [0.15, 0.2) is 5.11 Å². The van der Waals surface area contributed by atoms with Crippen molar-refractivity contribution in [1.82, 2.24) is 5.32 Å². The van der Waals surface area contributed by atoms with Crippen LogP contribution in [0, 0.1) is 5.82 Å². The van der Waals surface area contributed by atoms with Gasteiger partial charge in [0.05, 0.1) is 5.69 Å². The van der Waals surface area contributed by atoms with Gasteiger partial charge in [-0.1, -0.05) is 37.6 Å². The number of hydrogen-bond acceptors (Lipinski definition) is 4. The van der Waals surface area contributed by atoms with Crippen molar-refractivity contribution < 1.29 is 18.7 Å². The van der Waals surface area contributed by atoms with Crippen molar-refractivity contribution in [3.05, 3.63) is 89.7 Å². The van der Waals surface area contributed by atoms with E-state index >= 15 is 0 Å². The number of rotatable bonds is 8. The molecule has 0 aliphatic carbocycles. The maximum absolute atomic E-state index is 13.3. The maximum Gasteiger partial charge on any atom is 0.257 e. The van der Waals surface area contributed by atoms with E-state index in [4.69, 9.17) is 21.7 Å². The zero-order chi connectivity index (χ0) is 23.9. The molecular weight excluding hydrogens is 451 g/mol. The average Bonchev–Trinajstić information content (AvgIpc) is 3.30. The Bertz CT molecular complexity index is 1140. The van der Waals surface area contributed by atoms with Crippen LogP contribution in [0.3, 0.4) is 0 Å². The summed E-state index contributed by atoms with van der Waals surface area (Å²) in [6.45, 7) is 2.75. The Balaban J connectivity index is 1.48. The van der Waals surface area contributed by atoms with Crippen LogP contribution in [-0.4, -0.2) is 23.9 Å². The van der Waals surface area contributed by atoms with E-state index in [1.54, 1.807) is 24.3 Å². The molecule has 7 heteroatoms. The molecular formula is C27H27FN2O3S. The highest BCUT2D eigenvalue weighted by atomic mass is 32.1. The molecule has 1 N–H and O–H groups in total. The van der Waals surface area contributed by atoms with Crippen molar-refractivity contribution in [3.63, 3.8) is 0 Å². The van der Waals surface area contributed by atoms with E-state index in [0.717, 1.165) is 36.3 Å². The number of nitrogens with zero attached hydrogens (tertiary/aromatic N) is 1. The average molecular weight is 479 g/mol. The van der Waals surface area contributed by atoms with Gasteiger partial charge in [-0.3, -0.25) is 10.1 Å². The molecule has 0 fully saturated rings. The van der Waals surface area contributed by atoms with Crippen LogP contribution in [0.1, 0.15) is 42.1 Å². The Morgan fingerprint density at radius 2 is 1.82 bits per heavy atom. The first-order valence-corrected chi connectivity index (χ1v) is 11.8. The first-order valence-electron chi connectivity index (χ1n) is 11.4. The highest BCUT2D eigenvalue weighted by Gasteiger charge is 2.27. The van der Waals surface area contributed by atoms with Gasteiger partial charge >= 0.3 is 0 Å². The monoisotopic (exact) mass is 478 g/mol. The molecule has 3 aromatic rings. The number of amides is 1. The molecule has 34 heavy (non-hydrogen) atoms. The molecule has 0 radical (unpaired) electrons. The largest absolute Gasteiger partial charge is 0.455 e. The fourth-order valence-corrected chi connectivity index (χ4v) is 4.15. The van der Waals surface area contributed by atoms with E-state index in [9.17, 15) is 9.18 Å². The SMILES string of the molecule is CCCCC(Oc1ccc(F)cc1)Oc1cccc2c1CCN2C(=S)NC(=O)c1ccccc1. The summed E-state index contributed by atoms with van der Waals surface area (Å²) in [5.74, 6) is 0.732. The highest BCUT2D eigenvalue weighted by molar-refractivity contribution is 7.80. The maximum atomic E-state index is 13.3. The third-order valence-electron chi connectivity index (χ3n) is 5.62. The summed E-state index contributed by atoms with van der Waals surface area (Å²) in [7, 11) is 0. The van der Waals surface area contributed by atoms with E-state index in [0.29, 0.717) is 29.4 Å². The molecule has 1 amide bonds. The summed E-state index contributed by atoms with van der Waals surface area (Å²) in [5, 5.41) is 3.18. The Kier molecular flexibility index (Phi) is 7.75. The van der Waals surface area contributed by atoms with Crippen molar-refractivity contribution in [2.24, 2.45) is 0 Å². The summed E-state index contributed by atoms with van der Waals surface area (Å²) in [5.41, 5.74) is 2.48. The van der Waals surface area contributed by atoms with Gasteiger partial charge in [-0.15, -0.1) is 0 Å². The molecule has 0 spiro atoms. The number of carbonyl (C=O) groups excluding carboxylic acids is 1. The van der Waals surface area contributed by atoms with E-state index in [1.807, 2.05) is 41.3 Å². The van der Waals surface area contributed by atoms with Gasteiger partial charge in [0.2, 0.25) is 6.29 Å². The van der Waals surface area contributed by atoms with Gasteiger partial charge in [-0.05, 0) is 73.6 Å². The lowest BCUT2D eigenvalue weighted by Gasteiger charge is -2.23. The van der Waals surface area contributed by atoms with Crippen LogP contribution in [0.4, 0.5) is 10.1 Å². The standard InChI is InChI=1S/C27H27FN2O3S/c1-2-3-12-25(32-21-15-13-20(28)14-16-21)33-24-11-7-10-23-22(24)17-18-30(23)27(34)29-26(31)19-8-5-4-6-9-19/h4-11,13-16,25H,2-3,12,17-18H2,1H3,(H,29,31,34). The smallest absolute Gasteiger partial charge is 0.257 e. The van der Waals surface area contributed by atoms with Crippen molar-refractivity contribution in [2.45, 2.75) is 38.9 Å². The molecule has 176 valence electrons. The number of hydrogen-bond donors (Lipinski definition) is 1. The van der Waals surface area contributed by atoms with Gasteiger partial charge in [0, 0.05) is 24.1 Å². The molecule has 5 nitrogen and oxygen atoms in total. The van der Waals surface area contributed by atoms with Gasteiger partial charge in [0.25, 0.3) is 5.91 Å². The molecule has 3 aromatic carbocycles. The van der Waals surface area contributed by atoms with Crippen molar-refractivity contribution in [2.75, 3.05) is 11.4 Å². The summed E-state index contributed by atoms with van der Waals surface area (Å²) < 4.78 is 25.6. The van der Waals surface area contributed by atoms with Gasteiger partial charge in [-0.2, -0.15) is 0 Å². The molecule has 1 heterocycles. The Morgan fingerprint density at radius 1 is 1.06 bits per heavy atom. The van der Waals surface area contributed by atoms with Crippen LogP contribution in [0.5, 0.6) is 11.5 Å². The molecule has 1 aliphatic heterocycles. The summed E-state index contributed by atoms with van der Waals surface area (Å²) in [4.78, 5) is 14.5. The third-order valence-corrected chi connectivity index (χ3v) is 5.94. The molecule has 0 saturated carbocycles. The minimum Gasteiger partial charge on any atom is -0.455 e. The van der Waals surface area contributed by atoms with Crippen molar-refractivity contribution in [3.8, 4) is 11.5 Å². The van der Waals surface area contributed by atoms with Crippen LogP contribution in [0.25, 0.3) is 0 Å². The van der Waals surface area contributed by atoms with Gasteiger partial charge in [0.1, 0.15) is 17.3 Å². The minimum atomic E-state index is -0.504. The lowest BCUT2D eigenvalue weighted by Crippen LogP contribution is -2.41. The number of anilines is 1. The van der Waals surface area contributed by atoms with Crippen LogP contribution in [-0.2, 0) is 6.42 Å². The lowest BCUT2D eigenvalue weighted by molar-refractivity contribution is -0.00270. The fourth-order valence-electron chi connectivity index (χ4n) is 3.87. The topological polar surface area (TPSA) is 50.8 Å². The van der Waals surface area contributed by atoms with E-state index in [1.165, 1.54) is 12.1 Å². The number of fused-ring (bicyclic) bond motifs is 1. The number of halogens is 1. The number of ether oxygens (including phenoxy) is 2. The second-order valence-electron chi connectivity index (χ2n) is 8.04. The van der Waals surface area contributed by atoms with Crippen molar-refractivity contribution in [1.29, 1.82) is 0 Å². The minimum absolute atomic E-state index is 0.237. The van der Waals surface area contributed by atoms with Gasteiger partial charge < -0.3 is 14.4 Å². The molecule has 1 aliphatic rings. The quantitative estimate of drug-likeness (QED) is 0.324. The first-order chi connectivity index (χ1) is 16.5. The number of carbonyl (C=O) groups is 1. The predicted octanol–water partition coefficient (Wildman–Crippen LogP) is 5.88. The highest BCUT2D eigenvalue weighted by Crippen LogP contribution is 2.36. The second kappa shape index (κ2) is 11.1. The van der Waals surface area contributed by atoms with E-state index in [2.05, 4.69) is 12.2 Å². The Morgan fingerprint density at radius 3 is 2.56 bits per heavy atom. The van der Waals surface area contributed by atoms with Crippen LogP contribution < -0.4 is 19.7 Å². The van der Waals surface area contributed by atoms with Crippen LogP contribution in [0.15, 0.2) is 72.8 Å². The first kappa shape index (κ1) is 23.7. The molecule has 0 bridgehead atoms. The summed E-state index contributed by atoms with van der Waals surface area (Å²) in [6, 6.07) is 20.7.